The number of ketones is 1. The molecule has 2 amide bonds. The predicted octanol–water partition coefficient (Wildman–Crippen LogP) is 2.60. The molecule has 124 valence electrons. The van der Waals surface area contributed by atoms with E-state index in [2.05, 4.69) is 12.2 Å². The highest BCUT2D eigenvalue weighted by Gasteiger charge is 2.59. The second-order valence-corrected chi connectivity index (χ2v) is 6.68. The van der Waals surface area contributed by atoms with E-state index < -0.39 is 0 Å². The second kappa shape index (κ2) is 5.30. The molecule has 2 bridgehead atoms. The SMILES string of the molecule is CCOc1ccc(C(C)=O)cc1N1C(=O)[C@@H]2[C@H](C1=O)[C@H]1C=C[C@H]2C1. The van der Waals surface area contributed by atoms with Gasteiger partial charge >= 0.3 is 0 Å². The Morgan fingerprint density at radius 1 is 1.17 bits per heavy atom. The van der Waals surface area contributed by atoms with Crippen molar-refractivity contribution in [3.63, 3.8) is 0 Å². The maximum Gasteiger partial charge on any atom is 0.238 e. The van der Waals surface area contributed by atoms with Gasteiger partial charge in [-0.1, -0.05) is 12.2 Å². The summed E-state index contributed by atoms with van der Waals surface area (Å²) in [5, 5.41) is 0. The summed E-state index contributed by atoms with van der Waals surface area (Å²) >= 11 is 0. The largest absolute Gasteiger partial charge is 0.492 e. The zero-order chi connectivity index (χ0) is 17.0. The third kappa shape index (κ3) is 1.97. The predicted molar refractivity (Wildman–Crippen MR) is 87.8 cm³/mol. The van der Waals surface area contributed by atoms with Crippen LogP contribution in [0.25, 0.3) is 0 Å². The van der Waals surface area contributed by atoms with Crippen LogP contribution >= 0.6 is 0 Å². The first kappa shape index (κ1) is 15.1. The molecule has 5 heteroatoms. The van der Waals surface area contributed by atoms with Gasteiger partial charge in [0.25, 0.3) is 0 Å². The number of amides is 2. The van der Waals surface area contributed by atoms with Crippen molar-refractivity contribution in [2.75, 3.05) is 11.5 Å². The van der Waals surface area contributed by atoms with E-state index in [1.165, 1.54) is 11.8 Å². The fourth-order valence-corrected chi connectivity index (χ4v) is 4.33. The third-order valence-electron chi connectivity index (χ3n) is 5.38. The van der Waals surface area contributed by atoms with Crippen molar-refractivity contribution >= 4 is 23.3 Å². The Morgan fingerprint density at radius 2 is 1.79 bits per heavy atom. The van der Waals surface area contributed by atoms with Gasteiger partial charge in [-0.3, -0.25) is 14.4 Å². The average Bonchev–Trinajstić information content (AvgIpc) is 3.22. The number of ether oxygens (including phenoxy) is 1. The Hall–Kier alpha value is -2.43. The number of hydrogen-bond donors (Lipinski definition) is 0. The van der Waals surface area contributed by atoms with Gasteiger partial charge in [0.2, 0.25) is 11.8 Å². The minimum absolute atomic E-state index is 0.111. The van der Waals surface area contributed by atoms with Gasteiger partial charge in [0.1, 0.15) is 5.75 Å². The van der Waals surface area contributed by atoms with Crippen molar-refractivity contribution < 1.29 is 19.1 Å². The number of Topliss-reactive ketones (excluding diaryl/α,β-unsaturated/α-hetero) is 1. The van der Waals surface area contributed by atoms with Crippen LogP contribution in [-0.4, -0.2) is 24.2 Å². The van der Waals surface area contributed by atoms with E-state index in [9.17, 15) is 14.4 Å². The number of carbonyl (C=O) groups excluding carboxylic acids is 3. The van der Waals surface area contributed by atoms with Gasteiger partial charge in [-0.05, 0) is 50.3 Å². The summed E-state index contributed by atoms with van der Waals surface area (Å²) in [6.07, 6.45) is 5.03. The molecular weight excluding hydrogens is 306 g/mol. The van der Waals surface area contributed by atoms with Gasteiger partial charge < -0.3 is 4.74 Å². The van der Waals surface area contributed by atoms with Crippen LogP contribution < -0.4 is 9.64 Å². The first-order chi connectivity index (χ1) is 11.5. The Bertz CT molecular complexity index is 752. The van der Waals surface area contributed by atoms with Crippen LogP contribution in [0.4, 0.5) is 5.69 Å². The summed E-state index contributed by atoms with van der Waals surface area (Å²) in [6, 6.07) is 4.92. The molecule has 1 saturated carbocycles. The zero-order valence-electron chi connectivity index (χ0n) is 13.7. The van der Waals surface area contributed by atoms with Gasteiger partial charge in [0.05, 0.1) is 24.1 Å². The molecule has 1 saturated heterocycles. The molecule has 1 aromatic rings. The Kier molecular flexibility index (Phi) is 3.34. The molecule has 4 rings (SSSR count). The zero-order valence-corrected chi connectivity index (χ0v) is 13.7. The summed E-state index contributed by atoms with van der Waals surface area (Å²) in [4.78, 5) is 38.9. The van der Waals surface area contributed by atoms with Gasteiger partial charge in [0, 0.05) is 5.56 Å². The number of fused-ring (bicyclic) bond motifs is 5. The molecule has 5 nitrogen and oxygen atoms in total. The van der Waals surface area contributed by atoms with Crippen molar-refractivity contribution in [3.05, 3.63) is 35.9 Å². The summed E-state index contributed by atoms with van der Waals surface area (Å²) in [6.45, 7) is 3.73. The fourth-order valence-electron chi connectivity index (χ4n) is 4.33. The van der Waals surface area contributed by atoms with Crippen molar-refractivity contribution in [1.82, 2.24) is 0 Å². The van der Waals surface area contributed by atoms with Gasteiger partial charge in [-0.15, -0.1) is 0 Å². The van der Waals surface area contributed by atoms with E-state index in [-0.39, 0.29) is 41.3 Å². The lowest BCUT2D eigenvalue weighted by Gasteiger charge is -2.21. The molecule has 3 aliphatic rings. The summed E-state index contributed by atoms with van der Waals surface area (Å²) < 4.78 is 5.60. The quantitative estimate of drug-likeness (QED) is 0.485. The monoisotopic (exact) mass is 325 g/mol. The van der Waals surface area contributed by atoms with Crippen LogP contribution in [-0.2, 0) is 9.59 Å². The van der Waals surface area contributed by atoms with Crippen molar-refractivity contribution in [2.45, 2.75) is 20.3 Å². The molecule has 0 N–H and O–H groups in total. The Labute approximate surface area is 140 Å². The highest BCUT2D eigenvalue weighted by atomic mass is 16.5. The van der Waals surface area contributed by atoms with Crippen LogP contribution in [0, 0.1) is 23.7 Å². The summed E-state index contributed by atoms with van der Waals surface area (Å²) in [5.74, 6) is -0.177. The van der Waals surface area contributed by atoms with Crippen molar-refractivity contribution in [1.29, 1.82) is 0 Å². The lowest BCUT2D eigenvalue weighted by Crippen LogP contribution is -2.33. The van der Waals surface area contributed by atoms with Crippen molar-refractivity contribution in [3.8, 4) is 5.75 Å². The lowest BCUT2D eigenvalue weighted by atomic mass is 9.85. The highest BCUT2D eigenvalue weighted by molar-refractivity contribution is 6.23. The van der Waals surface area contributed by atoms with Crippen LogP contribution in [0.5, 0.6) is 5.75 Å². The number of carbonyl (C=O) groups is 3. The van der Waals surface area contributed by atoms with Crippen LogP contribution in [0.15, 0.2) is 30.4 Å². The maximum absolute atomic E-state index is 13.0. The molecule has 1 heterocycles. The molecule has 0 spiro atoms. The summed E-state index contributed by atoms with van der Waals surface area (Å²) in [5.41, 5.74) is 0.862. The third-order valence-corrected chi connectivity index (χ3v) is 5.38. The standard InChI is InChI=1S/C19H19NO4/c1-3-24-15-7-6-11(10(2)21)9-14(15)20-18(22)16-12-4-5-13(8-12)17(16)19(20)23/h4-7,9,12-13,16-17H,3,8H2,1-2H3/t12-,13-,16-,17+/m0/s1. The van der Waals surface area contributed by atoms with E-state index in [0.29, 0.717) is 23.6 Å². The van der Waals surface area contributed by atoms with E-state index in [1.807, 2.05) is 6.92 Å². The number of rotatable bonds is 4. The molecule has 0 unspecified atom stereocenters. The second-order valence-electron chi connectivity index (χ2n) is 6.68. The summed E-state index contributed by atoms with van der Waals surface area (Å²) in [7, 11) is 0. The minimum atomic E-state index is -0.261. The molecule has 4 atom stereocenters. The number of nitrogens with zero attached hydrogens (tertiary/aromatic N) is 1. The van der Waals surface area contributed by atoms with Crippen LogP contribution in [0.1, 0.15) is 30.6 Å². The maximum atomic E-state index is 13.0. The smallest absolute Gasteiger partial charge is 0.238 e. The number of hydrogen-bond acceptors (Lipinski definition) is 4. The normalized spacial score (nSPS) is 30.2. The average molecular weight is 325 g/mol. The van der Waals surface area contributed by atoms with Gasteiger partial charge in [-0.25, -0.2) is 4.90 Å². The first-order valence-corrected chi connectivity index (χ1v) is 8.36. The van der Waals surface area contributed by atoms with E-state index in [4.69, 9.17) is 4.74 Å². The van der Waals surface area contributed by atoms with Gasteiger partial charge in [0.15, 0.2) is 5.78 Å². The Balaban J connectivity index is 1.78. The molecule has 2 fully saturated rings. The number of benzene rings is 1. The molecule has 2 aliphatic carbocycles. The molecule has 1 aliphatic heterocycles. The van der Waals surface area contributed by atoms with Gasteiger partial charge in [-0.2, -0.15) is 0 Å². The first-order valence-electron chi connectivity index (χ1n) is 8.36. The van der Waals surface area contributed by atoms with E-state index in [1.54, 1.807) is 18.2 Å². The molecule has 0 radical (unpaired) electrons. The molecule has 1 aromatic carbocycles. The van der Waals surface area contributed by atoms with Crippen LogP contribution in [0.2, 0.25) is 0 Å². The fraction of sp³-hybridized carbons (Fsp3) is 0.421. The topological polar surface area (TPSA) is 63.7 Å². The molecule has 0 aromatic heterocycles. The number of allylic oxidation sites excluding steroid dienone is 2. The van der Waals surface area contributed by atoms with Crippen molar-refractivity contribution in [2.24, 2.45) is 23.7 Å². The molecular formula is C19H19NO4. The van der Waals surface area contributed by atoms with Crippen LogP contribution in [0.3, 0.4) is 0 Å². The molecule has 24 heavy (non-hydrogen) atoms. The number of imide groups is 1. The highest BCUT2D eigenvalue weighted by Crippen LogP contribution is 2.53. The Morgan fingerprint density at radius 3 is 2.33 bits per heavy atom. The minimum Gasteiger partial charge on any atom is -0.492 e. The lowest BCUT2D eigenvalue weighted by molar-refractivity contribution is -0.123. The van der Waals surface area contributed by atoms with E-state index >= 15 is 0 Å². The van der Waals surface area contributed by atoms with E-state index in [0.717, 1.165) is 6.42 Å². The number of anilines is 1.